The zero-order chi connectivity index (χ0) is 14.8. The lowest BCUT2D eigenvalue weighted by molar-refractivity contribution is -0.147. The number of esters is 2. The highest BCUT2D eigenvalue weighted by molar-refractivity contribution is 5.84. The van der Waals surface area contributed by atoms with Gasteiger partial charge in [-0.05, 0) is 0 Å². The van der Waals surface area contributed by atoms with Crippen LogP contribution < -0.4 is 5.48 Å². The number of urea groups is 1. The second-order valence-corrected chi connectivity index (χ2v) is 3.10. The van der Waals surface area contributed by atoms with E-state index in [1.807, 2.05) is 0 Å². The summed E-state index contributed by atoms with van der Waals surface area (Å²) in [4.78, 5) is 48.8. The standard InChI is InChI=1S/C9H14N2O8/c1-17-7(14)3-11(4-8(15)18-2)9(16)10-19-5-6(12)13/h3-5H2,1-2H3,(H,10,16)(H,12,13). The van der Waals surface area contributed by atoms with Crippen molar-refractivity contribution in [3.8, 4) is 0 Å². The van der Waals surface area contributed by atoms with E-state index in [1.54, 1.807) is 5.48 Å². The smallest absolute Gasteiger partial charge is 0.342 e. The number of carbonyl (C=O) groups is 4. The zero-order valence-corrected chi connectivity index (χ0v) is 10.4. The van der Waals surface area contributed by atoms with Gasteiger partial charge in [0.25, 0.3) is 0 Å². The van der Waals surface area contributed by atoms with Gasteiger partial charge in [0.2, 0.25) is 0 Å². The van der Waals surface area contributed by atoms with E-state index in [9.17, 15) is 19.2 Å². The van der Waals surface area contributed by atoms with Crippen molar-refractivity contribution in [1.82, 2.24) is 10.4 Å². The first-order valence-electron chi connectivity index (χ1n) is 4.92. The molecule has 0 aromatic heterocycles. The second-order valence-electron chi connectivity index (χ2n) is 3.10. The van der Waals surface area contributed by atoms with E-state index in [-0.39, 0.29) is 0 Å². The molecular weight excluding hydrogens is 264 g/mol. The molecule has 0 saturated carbocycles. The fourth-order valence-corrected chi connectivity index (χ4v) is 0.864. The van der Waals surface area contributed by atoms with Crippen LogP contribution in [0.1, 0.15) is 0 Å². The molecule has 10 heteroatoms. The minimum Gasteiger partial charge on any atom is -0.479 e. The van der Waals surface area contributed by atoms with Gasteiger partial charge in [-0.3, -0.25) is 14.4 Å². The molecule has 0 saturated heterocycles. The number of aliphatic carboxylic acids is 1. The SMILES string of the molecule is COC(=O)CN(CC(=O)OC)C(=O)NOCC(=O)O. The Morgan fingerprint density at radius 3 is 1.89 bits per heavy atom. The first-order valence-corrected chi connectivity index (χ1v) is 4.92. The molecule has 2 amide bonds. The van der Waals surface area contributed by atoms with Gasteiger partial charge in [0, 0.05) is 0 Å². The summed E-state index contributed by atoms with van der Waals surface area (Å²) in [5.41, 5.74) is 1.76. The first-order chi connectivity index (χ1) is 8.90. The number of nitrogens with one attached hydrogen (secondary N) is 1. The van der Waals surface area contributed by atoms with Crippen molar-refractivity contribution in [2.45, 2.75) is 0 Å². The molecule has 0 aliphatic rings. The molecule has 0 atom stereocenters. The minimum absolute atomic E-state index is 0.520. The number of carboxylic acid groups (broad SMARTS) is 1. The second kappa shape index (κ2) is 8.69. The summed E-state index contributed by atoms with van der Waals surface area (Å²) in [6.07, 6.45) is 0. The molecule has 108 valence electrons. The van der Waals surface area contributed by atoms with Gasteiger partial charge < -0.3 is 19.5 Å². The molecule has 0 aromatic carbocycles. The molecule has 0 unspecified atom stereocenters. The van der Waals surface area contributed by atoms with Crippen molar-refractivity contribution in [3.63, 3.8) is 0 Å². The lowest BCUT2D eigenvalue weighted by atomic mass is 10.5. The summed E-state index contributed by atoms with van der Waals surface area (Å²) in [6, 6.07) is -0.975. The van der Waals surface area contributed by atoms with Gasteiger partial charge in [-0.2, -0.15) is 0 Å². The highest BCUT2D eigenvalue weighted by atomic mass is 16.7. The maximum absolute atomic E-state index is 11.5. The Labute approximate surface area is 108 Å². The third-order valence-electron chi connectivity index (χ3n) is 1.74. The van der Waals surface area contributed by atoms with Crippen molar-refractivity contribution >= 4 is 23.9 Å². The number of hydrogen-bond acceptors (Lipinski definition) is 7. The van der Waals surface area contributed by atoms with Crippen molar-refractivity contribution in [3.05, 3.63) is 0 Å². The van der Waals surface area contributed by atoms with Crippen LogP contribution in [-0.2, 0) is 28.7 Å². The molecule has 19 heavy (non-hydrogen) atoms. The molecular formula is C9H14N2O8. The molecule has 0 bridgehead atoms. The zero-order valence-electron chi connectivity index (χ0n) is 10.4. The van der Waals surface area contributed by atoms with Gasteiger partial charge in [0.05, 0.1) is 14.2 Å². The summed E-state index contributed by atoms with van der Waals surface area (Å²) in [5, 5.41) is 8.29. The Bertz CT molecular complexity index is 338. The predicted octanol–water partition coefficient (Wildman–Crippen LogP) is -1.64. The Hall–Kier alpha value is -2.36. The van der Waals surface area contributed by atoms with E-state index in [0.29, 0.717) is 0 Å². The van der Waals surface area contributed by atoms with E-state index < -0.39 is 43.6 Å². The normalized spacial score (nSPS) is 9.37. The quantitative estimate of drug-likeness (QED) is 0.418. The lowest BCUT2D eigenvalue weighted by Gasteiger charge is -2.19. The van der Waals surface area contributed by atoms with Gasteiger partial charge in [-0.15, -0.1) is 0 Å². The Kier molecular flexibility index (Phi) is 7.61. The molecule has 0 radical (unpaired) electrons. The average Bonchev–Trinajstić information content (AvgIpc) is 2.36. The van der Waals surface area contributed by atoms with Crippen LogP contribution in [0.25, 0.3) is 0 Å². The van der Waals surface area contributed by atoms with E-state index >= 15 is 0 Å². The number of carboxylic acids is 1. The fourth-order valence-electron chi connectivity index (χ4n) is 0.864. The van der Waals surface area contributed by atoms with Gasteiger partial charge in [-0.1, -0.05) is 0 Å². The third kappa shape index (κ3) is 7.54. The summed E-state index contributed by atoms with van der Waals surface area (Å²) < 4.78 is 8.68. The average molecular weight is 278 g/mol. The van der Waals surface area contributed by atoms with Gasteiger partial charge in [0.1, 0.15) is 13.1 Å². The molecule has 2 N–H and O–H groups in total. The number of carbonyl (C=O) groups excluding carboxylic acids is 3. The largest absolute Gasteiger partial charge is 0.479 e. The predicted molar refractivity (Wildman–Crippen MR) is 57.7 cm³/mol. The van der Waals surface area contributed by atoms with E-state index in [0.717, 1.165) is 19.1 Å². The summed E-state index contributed by atoms with van der Waals surface area (Å²) in [5.74, 6) is -2.83. The Morgan fingerprint density at radius 1 is 1.05 bits per heavy atom. The number of methoxy groups -OCH3 is 2. The Balaban J connectivity index is 4.44. The minimum atomic E-state index is -1.30. The van der Waals surface area contributed by atoms with Crippen LogP contribution >= 0.6 is 0 Å². The van der Waals surface area contributed by atoms with Gasteiger partial charge in [0.15, 0.2) is 6.61 Å². The summed E-state index contributed by atoms with van der Waals surface area (Å²) >= 11 is 0. The van der Waals surface area contributed by atoms with Gasteiger partial charge >= 0.3 is 23.9 Å². The number of amides is 2. The topological polar surface area (TPSA) is 131 Å². The van der Waals surface area contributed by atoms with E-state index in [2.05, 4.69) is 14.3 Å². The van der Waals surface area contributed by atoms with Crippen LogP contribution in [0.2, 0.25) is 0 Å². The first kappa shape index (κ1) is 16.6. The molecule has 0 spiro atoms. The molecule has 0 fully saturated rings. The van der Waals surface area contributed by atoms with Crippen LogP contribution in [-0.4, -0.2) is 67.9 Å². The monoisotopic (exact) mass is 278 g/mol. The number of hydrogen-bond donors (Lipinski definition) is 2. The number of ether oxygens (including phenoxy) is 2. The van der Waals surface area contributed by atoms with Crippen LogP contribution in [0, 0.1) is 0 Å². The van der Waals surface area contributed by atoms with Crippen LogP contribution in [0.5, 0.6) is 0 Å². The van der Waals surface area contributed by atoms with Crippen molar-refractivity contribution in [2.24, 2.45) is 0 Å². The highest BCUT2D eigenvalue weighted by Gasteiger charge is 2.21. The van der Waals surface area contributed by atoms with Crippen LogP contribution in [0.3, 0.4) is 0 Å². The Morgan fingerprint density at radius 2 is 1.53 bits per heavy atom. The molecule has 0 heterocycles. The van der Waals surface area contributed by atoms with Crippen molar-refractivity contribution in [1.29, 1.82) is 0 Å². The summed E-state index contributed by atoms with van der Waals surface area (Å²) in [7, 11) is 2.22. The highest BCUT2D eigenvalue weighted by Crippen LogP contribution is 1.93. The summed E-state index contributed by atoms with van der Waals surface area (Å²) in [6.45, 7) is -1.81. The number of rotatable bonds is 7. The molecule has 0 aliphatic carbocycles. The number of nitrogens with zero attached hydrogens (tertiary/aromatic N) is 1. The van der Waals surface area contributed by atoms with Crippen LogP contribution in [0.4, 0.5) is 4.79 Å². The fraction of sp³-hybridized carbons (Fsp3) is 0.556. The molecule has 0 rings (SSSR count). The van der Waals surface area contributed by atoms with Crippen molar-refractivity contribution < 1.29 is 38.6 Å². The molecule has 0 aromatic rings. The van der Waals surface area contributed by atoms with Crippen molar-refractivity contribution in [2.75, 3.05) is 33.9 Å². The molecule has 10 nitrogen and oxygen atoms in total. The maximum Gasteiger partial charge on any atom is 0.342 e. The van der Waals surface area contributed by atoms with E-state index in [4.69, 9.17) is 5.11 Å². The third-order valence-corrected chi connectivity index (χ3v) is 1.74. The lowest BCUT2D eigenvalue weighted by Crippen LogP contribution is -2.46. The van der Waals surface area contributed by atoms with E-state index in [1.165, 1.54) is 0 Å². The van der Waals surface area contributed by atoms with Crippen LogP contribution in [0.15, 0.2) is 0 Å². The van der Waals surface area contributed by atoms with Gasteiger partial charge in [-0.25, -0.2) is 15.1 Å². The number of hydroxylamine groups is 1. The molecule has 0 aliphatic heterocycles. The maximum atomic E-state index is 11.5.